The molecule has 0 spiro atoms. The van der Waals surface area contributed by atoms with Crippen molar-refractivity contribution >= 4 is 12.1 Å². The lowest BCUT2D eigenvalue weighted by Gasteiger charge is -2.72. The topological polar surface area (TPSA) is 75.6 Å². The van der Waals surface area contributed by atoms with Crippen LogP contribution < -0.4 is 5.32 Å². The van der Waals surface area contributed by atoms with Crippen molar-refractivity contribution in [2.24, 2.45) is 5.41 Å². The maximum atomic E-state index is 13.3. The van der Waals surface area contributed by atoms with Crippen LogP contribution >= 0.6 is 0 Å². The predicted octanol–water partition coefficient (Wildman–Crippen LogP) is 5.24. The summed E-state index contributed by atoms with van der Waals surface area (Å²) in [5.74, 6) is -1.43. The summed E-state index contributed by atoms with van der Waals surface area (Å²) in [6.45, 7) is 0.138. The van der Waals surface area contributed by atoms with E-state index in [2.05, 4.69) is 17.4 Å². The lowest BCUT2D eigenvalue weighted by atomic mass is 9.31. The molecule has 0 aliphatic heterocycles. The maximum Gasteiger partial charge on any atom is 0.407 e. The van der Waals surface area contributed by atoms with E-state index in [4.69, 9.17) is 4.74 Å². The van der Waals surface area contributed by atoms with E-state index in [0.29, 0.717) is 19.3 Å². The predicted molar refractivity (Wildman–Crippen MR) is 124 cm³/mol. The molecule has 5 nitrogen and oxygen atoms in total. The molecule has 2 N–H and O–H groups in total. The minimum Gasteiger partial charge on any atom is -0.480 e. The second kappa shape index (κ2) is 7.42. The first-order valence-corrected chi connectivity index (χ1v) is 11.5. The Labute approximate surface area is 196 Å². The van der Waals surface area contributed by atoms with Crippen molar-refractivity contribution in [3.05, 3.63) is 95.3 Å². The second-order valence-corrected chi connectivity index (χ2v) is 9.92. The maximum absolute atomic E-state index is 13.3. The Kier molecular flexibility index (Phi) is 4.56. The third-order valence-corrected chi connectivity index (χ3v) is 7.99. The number of aliphatic carboxylic acids is 1. The van der Waals surface area contributed by atoms with Crippen molar-refractivity contribution in [2.45, 2.75) is 36.6 Å². The number of carbonyl (C=O) groups is 2. The summed E-state index contributed by atoms with van der Waals surface area (Å²) in [7, 11) is 0. The standard InChI is InChI=1S/C28H24FNO4/c29-18-11-9-17(10-12-18)27-14-28(15-27,16-27)24(25(31)32)30-26(33)34-13-23-21-7-3-1-5-19(21)20-6-2-4-8-22(20)23/h1-12,23-24H,13-16H2,(H,30,33)(H,31,32). The molecule has 1 atom stereocenters. The smallest absolute Gasteiger partial charge is 0.407 e. The fourth-order valence-corrected chi connectivity index (χ4v) is 6.52. The van der Waals surface area contributed by atoms with Gasteiger partial charge in [0.15, 0.2) is 0 Å². The first-order chi connectivity index (χ1) is 16.4. The fourth-order valence-electron chi connectivity index (χ4n) is 6.52. The SMILES string of the molecule is O=C(NC(C(=O)O)C12CC(c3ccc(F)cc3)(C1)C2)OCC1c2ccccc2-c2ccccc21. The van der Waals surface area contributed by atoms with Gasteiger partial charge < -0.3 is 15.2 Å². The number of fused-ring (bicyclic) bond motifs is 3. The monoisotopic (exact) mass is 457 g/mol. The molecule has 172 valence electrons. The van der Waals surface area contributed by atoms with Crippen LogP contribution in [0.3, 0.4) is 0 Å². The summed E-state index contributed by atoms with van der Waals surface area (Å²) in [6, 6.07) is 21.5. The van der Waals surface area contributed by atoms with E-state index >= 15 is 0 Å². The van der Waals surface area contributed by atoms with Crippen LogP contribution in [0.4, 0.5) is 9.18 Å². The minimum atomic E-state index is -1.05. The second-order valence-electron chi connectivity index (χ2n) is 9.92. The zero-order chi connectivity index (χ0) is 23.5. The van der Waals surface area contributed by atoms with Crippen LogP contribution in [0.2, 0.25) is 0 Å². The largest absolute Gasteiger partial charge is 0.480 e. The van der Waals surface area contributed by atoms with E-state index in [1.807, 2.05) is 36.4 Å². The van der Waals surface area contributed by atoms with Gasteiger partial charge in [-0.1, -0.05) is 60.7 Å². The summed E-state index contributed by atoms with van der Waals surface area (Å²) in [5.41, 5.74) is 4.92. The molecule has 0 heterocycles. The van der Waals surface area contributed by atoms with E-state index < -0.39 is 23.5 Å². The van der Waals surface area contributed by atoms with Crippen LogP contribution in [-0.2, 0) is 14.9 Å². The lowest BCUT2D eigenvalue weighted by Crippen LogP contribution is -2.73. The molecule has 0 aromatic heterocycles. The number of hydrogen-bond donors (Lipinski definition) is 2. The highest BCUT2D eigenvalue weighted by molar-refractivity contribution is 5.82. The van der Waals surface area contributed by atoms with Gasteiger partial charge in [-0.05, 0) is 64.6 Å². The Bertz CT molecular complexity index is 1240. The number of alkyl carbamates (subject to hydrolysis) is 1. The number of nitrogens with one attached hydrogen (secondary N) is 1. The van der Waals surface area contributed by atoms with Crippen molar-refractivity contribution in [1.29, 1.82) is 0 Å². The van der Waals surface area contributed by atoms with Crippen LogP contribution in [-0.4, -0.2) is 29.8 Å². The molecule has 2 bridgehead atoms. The Hall–Kier alpha value is -3.67. The van der Waals surface area contributed by atoms with Gasteiger partial charge in [0.1, 0.15) is 18.5 Å². The van der Waals surface area contributed by atoms with Crippen LogP contribution in [0, 0.1) is 11.2 Å². The molecular formula is C28H24FNO4. The van der Waals surface area contributed by atoms with Gasteiger partial charge in [-0.25, -0.2) is 14.0 Å². The Morgan fingerprint density at radius 1 is 0.941 bits per heavy atom. The number of carbonyl (C=O) groups excluding carboxylic acids is 1. The van der Waals surface area contributed by atoms with Gasteiger partial charge >= 0.3 is 12.1 Å². The molecule has 6 heteroatoms. The molecule has 3 aromatic rings. The van der Waals surface area contributed by atoms with E-state index in [1.54, 1.807) is 12.1 Å². The summed E-state index contributed by atoms with van der Waals surface area (Å²) >= 11 is 0. The Morgan fingerprint density at radius 3 is 2.06 bits per heavy atom. The highest BCUT2D eigenvalue weighted by atomic mass is 19.1. The molecule has 7 rings (SSSR count). The number of benzene rings is 3. The van der Waals surface area contributed by atoms with E-state index in [9.17, 15) is 19.1 Å². The highest BCUT2D eigenvalue weighted by Gasteiger charge is 2.72. The minimum absolute atomic E-state index is 0.0851. The zero-order valence-electron chi connectivity index (χ0n) is 18.5. The molecular weight excluding hydrogens is 433 g/mol. The molecule has 3 saturated carbocycles. The van der Waals surface area contributed by atoms with Crippen LogP contribution in [0.15, 0.2) is 72.8 Å². The number of carboxylic acid groups (broad SMARTS) is 1. The molecule has 3 aromatic carbocycles. The summed E-state index contributed by atoms with van der Waals surface area (Å²) in [6.07, 6.45) is 1.26. The first kappa shape index (κ1) is 20.9. The van der Waals surface area contributed by atoms with Gasteiger partial charge in [0, 0.05) is 11.3 Å². The Balaban J connectivity index is 1.12. The van der Waals surface area contributed by atoms with Crippen molar-refractivity contribution < 1.29 is 23.8 Å². The van der Waals surface area contributed by atoms with E-state index in [0.717, 1.165) is 27.8 Å². The normalized spacial score (nSPS) is 24.7. The first-order valence-electron chi connectivity index (χ1n) is 11.5. The third kappa shape index (κ3) is 3.05. The fraction of sp³-hybridized carbons (Fsp3) is 0.286. The van der Waals surface area contributed by atoms with E-state index in [1.165, 1.54) is 12.1 Å². The van der Waals surface area contributed by atoms with Crippen molar-refractivity contribution in [1.82, 2.24) is 5.32 Å². The van der Waals surface area contributed by atoms with Gasteiger partial charge in [0.05, 0.1) is 0 Å². The lowest BCUT2D eigenvalue weighted by molar-refractivity contribution is -0.183. The van der Waals surface area contributed by atoms with Crippen molar-refractivity contribution in [2.75, 3.05) is 6.61 Å². The molecule has 0 radical (unpaired) electrons. The number of hydrogen-bond acceptors (Lipinski definition) is 3. The van der Waals surface area contributed by atoms with Gasteiger partial charge in [0.25, 0.3) is 0 Å². The van der Waals surface area contributed by atoms with Gasteiger partial charge in [-0.15, -0.1) is 0 Å². The number of rotatable bonds is 6. The molecule has 34 heavy (non-hydrogen) atoms. The van der Waals surface area contributed by atoms with Crippen LogP contribution in [0.25, 0.3) is 11.1 Å². The molecule has 1 unspecified atom stereocenters. The molecule has 1 amide bonds. The van der Waals surface area contributed by atoms with Crippen molar-refractivity contribution in [3.8, 4) is 11.1 Å². The zero-order valence-corrected chi connectivity index (χ0v) is 18.5. The molecule has 3 fully saturated rings. The average Bonchev–Trinajstić information content (AvgIpc) is 3.10. The van der Waals surface area contributed by atoms with Crippen LogP contribution in [0.5, 0.6) is 0 Å². The highest BCUT2D eigenvalue weighted by Crippen LogP contribution is 2.74. The molecule has 0 saturated heterocycles. The molecule has 4 aliphatic rings. The van der Waals surface area contributed by atoms with Crippen molar-refractivity contribution in [3.63, 3.8) is 0 Å². The van der Waals surface area contributed by atoms with Crippen LogP contribution in [0.1, 0.15) is 41.9 Å². The van der Waals surface area contributed by atoms with Gasteiger partial charge in [-0.3, -0.25) is 0 Å². The quantitative estimate of drug-likeness (QED) is 0.531. The average molecular weight is 458 g/mol. The number of ether oxygens (including phenoxy) is 1. The summed E-state index contributed by atoms with van der Waals surface area (Å²) in [5, 5.41) is 12.5. The van der Waals surface area contributed by atoms with Gasteiger partial charge in [0.2, 0.25) is 0 Å². The number of carboxylic acids is 1. The third-order valence-electron chi connectivity index (χ3n) is 7.99. The van der Waals surface area contributed by atoms with E-state index in [-0.39, 0.29) is 23.8 Å². The van der Waals surface area contributed by atoms with Gasteiger partial charge in [-0.2, -0.15) is 0 Å². The molecule has 4 aliphatic carbocycles. The number of amides is 1. The summed E-state index contributed by atoms with van der Waals surface area (Å²) < 4.78 is 18.8. The number of halogens is 1. The summed E-state index contributed by atoms with van der Waals surface area (Å²) in [4.78, 5) is 24.7. The Morgan fingerprint density at radius 2 is 1.50 bits per heavy atom.